The highest BCUT2D eigenvalue weighted by Crippen LogP contribution is 1.98. The highest BCUT2D eigenvalue weighted by Gasteiger charge is 2.10. The minimum Gasteiger partial charge on any atom is -0.396 e. The van der Waals surface area contributed by atoms with Crippen molar-refractivity contribution in [3.8, 4) is 0 Å². The van der Waals surface area contributed by atoms with Gasteiger partial charge in [0.2, 0.25) is 0 Å². The molecule has 0 radical (unpaired) electrons. The zero-order valence-corrected chi connectivity index (χ0v) is 14.3. The van der Waals surface area contributed by atoms with Crippen LogP contribution in [-0.2, 0) is 28.5 Å². The minimum atomic E-state index is -0.579. The summed E-state index contributed by atoms with van der Waals surface area (Å²) in [6, 6.07) is 0. The molecule has 3 N–H and O–H groups in total. The van der Waals surface area contributed by atoms with Crippen LogP contribution in [0.1, 0.15) is 19.3 Å². The number of cyclic esters (lactones) is 2. The van der Waals surface area contributed by atoms with Crippen molar-refractivity contribution in [2.75, 3.05) is 52.9 Å². The lowest BCUT2D eigenvalue weighted by Gasteiger charge is -2.18. The Morgan fingerprint density at radius 3 is 1.60 bits per heavy atom. The van der Waals surface area contributed by atoms with E-state index in [0.29, 0.717) is 52.3 Å². The molecule has 0 unspecified atom stereocenters. The van der Waals surface area contributed by atoms with E-state index in [-0.39, 0.29) is 25.9 Å². The number of ether oxygens (including phenoxy) is 4. The molecule has 1 heterocycles. The van der Waals surface area contributed by atoms with Gasteiger partial charge in [-0.25, -0.2) is 9.59 Å². The average molecular weight is 364 g/mol. The van der Waals surface area contributed by atoms with E-state index in [0.717, 1.165) is 12.2 Å². The van der Waals surface area contributed by atoms with E-state index in [9.17, 15) is 9.59 Å². The van der Waals surface area contributed by atoms with E-state index < -0.39 is 11.9 Å². The van der Waals surface area contributed by atoms with Gasteiger partial charge in [0.05, 0.1) is 13.2 Å². The Balaban J connectivity index is 0.000000676. The maximum atomic E-state index is 9.92. The molecular formula is C16H28O9. The van der Waals surface area contributed by atoms with Gasteiger partial charge in [-0.2, -0.15) is 0 Å². The van der Waals surface area contributed by atoms with Crippen LogP contribution in [0.15, 0.2) is 12.2 Å². The molecule has 0 aromatic heterocycles. The first-order valence-electron chi connectivity index (χ1n) is 8.17. The van der Waals surface area contributed by atoms with Gasteiger partial charge in [0.15, 0.2) is 0 Å². The fourth-order valence-electron chi connectivity index (χ4n) is 1.52. The summed E-state index contributed by atoms with van der Waals surface area (Å²) in [7, 11) is 0. The lowest BCUT2D eigenvalue weighted by molar-refractivity contribution is -0.150. The van der Waals surface area contributed by atoms with E-state index in [2.05, 4.69) is 4.74 Å². The Morgan fingerprint density at radius 1 is 0.800 bits per heavy atom. The van der Waals surface area contributed by atoms with Crippen molar-refractivity contribution in [3.63, 3.8) is 0 Å². The standard InChI is InChI=1S/C12H26O6.C4H2O3/c13-4-1-7-16-10-12(18-9-3-6-15)11-17-8-2-5-14;5-3-1-2-4(6)7-3/h12-15H,1-11H2;1-2H. The number of hydrogen-bond acceptors (Lipinski definition) is 9. The number of rotatable bonds is 14. The molecule has 0 aromatic rings. The summed E-state index contributed by atoms with van der Waals surface area (Å²) in [6.45, 7) is 2.60. The first-order chi connectivity index (χ1) is 12.1. The largest absolute Gasteiger partial charge is 0.396 e. The molecule has 0 spiro atoms. The molecule has 25 heavy (non-hydrogen) atoms. The molecule has 0 fully saturated rings. The smallest absolute Gasteiger partial charge is 0.338 e. The van der Waals surface area contributed by atoms with Crippen molar-refractivity contribution in [2.24, 2.45) is 0 Å². The van der Waals surface area contributed by atoms with Crippen molar-refractivity contribution in [2.45, 2.75) is 25.4 Å². The molecule has 0 atom stereocenters. The van der Waals surface area contributed by atoms with Crippen molar-refractivity contribution in [1.82, 2.24) is 0 Å². The molecule has 0 saturated heterocycles. The summed E-state index contributed by atoms with van der Waals surface area (Å²) in [5, 5.41) is 25.9. The van der Waals surface area contributed by atoms with Gasteiger partial charge in [0, 0.05) is 51.8 Å². The summed E-state index contributed by atoms with van der Waals surface area (Å²) in [5.74, 6) is -1.16. The van der Waals surface area contributed by atoms with Crippen LogP contribution in [0.5, 0.6) is 0 Å². The Kier molecular flexibility index (Phi) is 16.5. The van der Waals surface area contributed by atoms with E-state index in [4.69, 9.17) is 29.5 Å². The first-order valence-corrected chi connectivity index (χ1v) is 8.17. The van der Waals surface area contributed by atoms with E-state index in [1.165, 1.54) is 0 Å². The fourth-order valence-corrected chi connectivity index (χ4v) is 1.52. The van der Waals surface area contributed by atoms with Gasteiger partial charge >= 0.3 is 11.9 Å². The van der Waals surface area contributed by atoms with Crippen LogP contribution in [-0.4, -0.2) is 86.2 Å². The summed E-state index contributed by atoms with van der Waals surface area (Å²) in [6.07, 6.45) is 3.80. The second kappa shape index (κ2) is 17.5. The summed E-state index contributed by atoms with van der Waals surface area (Å²) in [4.78, 5) is 19.8. The summed E-state index contributed by atoms with van der Waals surface area (Å²) in [5.41, 5.74) is 0. The third-order valence-electron chi connectivity index (χ3n) is 2.71. The van der Waals surface area contributed by atoms with Crippen LogP contribution < -0.4 is 0 Å². The van der Waals surface area contributed by atoms with Gasteiger partial charge in [-0.1, -0.05) is 0 Å². The van der Waals surface area contributed by atoms with Crippen LogP contribution in [0.2, 0.25) is 0 Å². The maximum Gasteiger partial charge on any atom is 0.338 e. The van der Waals surface area contributed by atoms with Crippen molar-refractivity contribution in [3.05, 3.63) is 12.2 Å². The van der Waals surface area contributed by atoms with Crippen LogP contribution in [0, 0.1) is 0 Å². The Morgan fingerprint density at radius 2 is 1.24 bits per heavy atom. The number of carbonyl (C=O) groups is 2. The Bertz CT molecular complexity index is 343. The lowest BCUT2D eigenvalue weighted by atomic mass is 10.4. The molecule has 1 rings (SSSR count). The second-order valence-electron chi connectivity index (χ2n) is 4.95. The predicted molar refractivity (Wildman–Crippen MR) is 86.7 cm³/mol. The monoisotopic (exact) mass is 364 g/mol. The molecule has 1 aliphatic rings. The molecule has 9 nitrogen and oxygen atoms in total. The van der Waals surface area contributed by atoms with Gasteiger partial charge in [-0.05, 0) is 19.3 Å². The van der Waals surface area contributed by atoms with Gasteiger partial charge in [0.1, 0.15) is 6.10 Å². The van der Waals surface area contributed by atoms with Crippen LogP contribution in [0.4, 0.5) is 0 Å². The second-order valence-corrected chi connectivity index (χ2v) is 4.95. The quantitative estimate of drug-likeness (QED) is 0.205. The third kappa shape index (κ3) is 15.9. The fraction of sp³-hybridized carbons (Fsp3) is 0.750. The normalized spacial score (nSPS) is 13.1. The lowest BCUT2D eigenvalue weighted by Crippen LogP contribution is -2.27. The molecule has 0 aliphatic carbocycles. The predicted octanol–water partition coefficient (Wildman–Crippen LogP) is -0.822. The number of aliphatic hydroxyl groups is 3. The Labute approximate surface area is 147 Å². The van der Waals surface area contributed by atoms with Crippen molar-refractivity contribution in [1.29, 1.82) is 0 Å². The SMILES string of the molecule is O=C1C=CC(=O)O1.OCCCOCC(COCCCO)OCCCO. The van der Waals surface area contributed by atoms with Gasteiger partial charge < -0.3 is 34.3 Å². The zero-order valence-electron chi connectivity index (χ0n) is 14.3. The van der Waals surface area contributed by atoms with E-state index in [1.807, 2.05) is 0 Å². The van der Waals surface area contributed by atoms with Gasteiger partial charge in [-0.3, -0.25) is 0 Å². The zero-order chi connectivity index (χ0) is 18.8. The molecule has 0 bridgehead atoms. The minimum absolute atomic E-state index is 0.101. The third-order valence-corrected chi connectivity index (χ3v) is 2.71. The number of aliphatic hydroxyl groups excluding tert-OH is 3. The Hall–Kier alpha value is -1.36. The molecule has 0 amide bonds. The van der Waals surface area contributed by atoms with Gasteiger partial charge in [-0.15, -0.1) is 0 Å². The highest BCUT2D eigenvalue weighted by molar-refractivity contribution is 6.04. The average Bonchev–Trinajstić information content (AvgIpc) is 2.98. The molecular weight excluding hydrogens is 336 g/mol. The van der Waals surface area contributed by atoms with Crippen LogP contribution >= 0.6 is 0 Å². The van der Waals surface area contributed by atoms with Crippen molar-refractivity contribution >= 4 is 11.9 Å². The van der Waals surface area contributed by atoms with E-state index >= 15 is 0 Å². The number of hydrogen-bond donors (Lipinski definition) is 3. The highest BCUT2D eigenvalue weighted by atomic mass is 16.6. The van der Waals surface area contributed by atoms with Crippen molar-refractivity contribution < 1.29 is 43.9 Å². The summed E-state index contributed by atoms with van der Waals surface area (Å²) >= 11 is 0. The van der Waals surface area contributed by atoms with Crippen LogP contribution in [0.3, 0.4) is 0 Å². The molecule has 146 valence electrons. The van der Waals surface area contributed by atoms with Crippen LogP contribution in [0.25, 0.3) is 0 Å². The number of esters is 2. The molecule has 0 saturated carbocycles. The number of carbonyl (C=O) groups excluding carboxylic acids is 2. The topological polar surface area (TPSA) is 132 Å². The van der Waals surface area contributed by atoms with Gasteiger partial charge in [0.25, 0.3) is 0 Å². The first kappa shape index (κ1) is 23.6. The van der Waals surface area contributed by atoms with E-state index in [1.54, 1.807) is 0 Å². The maximum absolute atomic E-state index is 9.92. The molecule has 1 aliphatic heterocycles. The summed E-state index contributed by atoms with van der Waals surface area (Å²) < 4.78 is 20.2. The molecule has 9 heteroatoms. The molecule has 0 aromatic carbocycles.